The molecule has 3 nitrogen and oxygen atoms in total. The summed E-state index contributed by atoms with van der Waals surface area (Å²) in [6.07, 6.45) is 3.77. The van der Waals surface area contributed by atoms with Gasteiger partial charge in [0.1, 0.15) is 0 Å². The van der Waals surface area contributed by atoms with Gasteiger partial charge in [0.2, 0.25) is 0 Å². The molecule has 0 N–H and O–H groups in total. The maximum atomic E-state index is 13.0. The molecule has 0 amide bonds. The molecule has 0 bridgehead atoms. The van der Waals surface area contributed by atoms with Crippen molar-refractivity contribution in [3.05, 3.63) is 59.9 Å². The van der Waals surface area contributed by atoms with Gasteiger partial charge in [0.25, 0.3) is 0 Å². The molecule has 2 heterocycles. The van der Waals surface area contributed by atoms with Crippen LogP contribution in [0.5, 0.6) is 0 Å². The molecule has 7 heteroatoms. The third kappa shape index (κ3) is 5.07. The van der Waals surface area contributed by atoms with Crippen LogP contribution in [0, 0.1) is 0 Å². The molecule has 150 valence electrons. The predicted molar refractivity (Wildman–Crippen MR) is 105 cm³/mol. The number of nitrogens with zero attached hydrogens (tertiary/aromatic N) is 3. The van der Waals surface area contributed by atoms with Gasteiger partial charge in [0.05, 0.1) is 5.56 Å². The number of hydrogen-bond donors (Lipinski definition) is 0. The molecule has 0 spiro atoms. The number of rotatable bonds is 6. The van der Waals surface area contributed by atoms with E-state index in [2.05, 4.69) is 20.3 Å². The van der Waals surface area contributed by atoms with Crippen LogP contribution in [0.25, 0.3) is 0 Å². The highest BCUT2D eigenvalue weighted by molar-refractivity contribution is 7.97. The number of aromatic nitrogens is 1. The van der Waals surface area contributed by atoms with Crippen LogP contribution in [-0.4, -0.2) is 39.4 Å². The van der Waals surface area contributed by atoms with Crippen molar-refractivity contribution in [3.63, 3.8) is 0 Å². The Bertz CT molecular complexity index is 772. The minimum absolute atomic E-state index is 0.414. The molecule has 2 aliphatic rings. The molecule has 1 aromatic heterocycles. The van der Waals surface area contributed by atoms with Crippen LogP contribution in [0.2, 0.25) is 0 Å². The molecular formula is C21H24F3N3S. The van der Waals surface area contributed by atoms with Crippen LogP contribution in [0.3, 0.4) is 0 Å². The molecule has 2 aromatic rings. The average molecular weight is 408 g/mol. The van der Waals surface area contributed by atoms with Crippen molar-refractivity contribution < 1.29 is 13.2 Å². The van der Waals surface area contributed by atoms with Crippen molar-refractivity contribution in [3.8, 4) is 0 Å². The van der Waals surface area contributed by atoms with Crippen LogP contribution in [-0.2, 0) is 12.7 Å². The smallest absolute Gasteiger partial charge is 0.299 e. The van der Waals surface area contributed by atoms with E-state index in [0.29, 0.717) is 17.0 Å². The maximum Gasteiger partial charge on any atom is 0.416 e. The fraction of sp³-hybridized carbons (Fsp3) is 0.476. The molecular weight excluding hydrogens is 383 g/mol. The van der Waals surface area contributed by atoms with Gasteiger partial charge in [-0.15, -0.1) is 0 Å². The molecule has 0 unspecified atom stereocenters. The second-order valence-corrected chi connectivity index (χ2v) is 8.65. The lowest BCUT2D eigenvalue weighted by Gasteiger charge is -2.38. The lowest BCUT2D eigenvalue weighted by molar-refractivity contribution is -0.137. The first-order valence-electron chi connectivity index (χ1n) is 9.74. The van der Waals surface area contributed by atoms with Gasteiger partial charge in [-0.3, -0.25) is 9.88 Å². The lowest BCUT2D eigenvalue weighted by Crippen LogP contribution is -2.42. The first kappa shape index (κ1) is 19.7. The van der Waals surface area contributed by atoms with E-state index in [1.807, 2.05) is 12.3 Å². The number of likely N-dealkylation sites (tertiary alicyclic amines) is 1. The fourth-order valence-electron chi connectivity index (χ4n) is 3.71. The SMILES string of the molecule is FC(F)(F)c1cccc(SN(C2CC2)C2CCN(Cc3cccnc3)CC2)c1. The summed E-state index contributed by atoms with van der Waals surface area (Å²) in [7, 11) is 0. The van der Waals surface area contributed by atoms with Crippen molar-refractivity contribution >= 4 is 11.9 Å². The summed E-state index contributed by atoms with van der Waals surface area (Å²) in [5, 5.41) is 0. The Hall–Kier alpha value is -1.57. The summed E-state index contributed by atoms with van der Waals surface area (Å²) in [5.74, 6) is 0. The van der Waals surface area contributed by atoms with E-state index in [-0.39, 0.29) is 0 Å². The summed E-state index contributed by atoms with van der Waals surface area (Å²) in [6.45, 7) is 2.92. The van der Waals surface area contributed by atoms with Gasteiger partial charge in [0.15, 0.2) is 0 Å². The van der Waals surface area contributed by atoms with Crippen molar-refractivity contribution in [1.82, 2.24) is 14.2 Å². The summed E-state index contributed by atoms with van der Waals surface area (Å²) in [5.41, 5.74) is 0.651. The number of pyridine rings is 1. The fourth-order valence-corrected chi connectivity index (χ4v) is 4.99. The van der Waals surface area contributed by atoms with Gasteiger partial charge in [-0.05, 0) is 67.5 Å². The molecule has 1 saturated heterocycles. The Labute approximate surface area is 168 Å². The highest BCUT2D eigenvalue weighted by Crippen LogP contribution is 2.41. The van der Waals surface area contributed by atoms with E-state index in [0.717, 1.165) is 51.4 Å². The van der Waals surface area contributed by atoms with Gasteiger partial charge < -0.3 is 0 Å². The Morgan fingerprint density at radius 2 is 1.79 bits per heavy atom. The molecule has 1 aliphatic heterocycles. The van der Waals surface area contributed by atoms with Crippen molar-refractivity contribution in [2.75, 3.05) is 13.1 Å². The van der Waals surface area contributed by atoms with E-state index in [9.17, 15) is 13.2 Å². The van der Waals surface area contributed by atoms with Gasteiger partial charge >= 0.3 is 6.18 Å². The van der Waals surface area contributed by atoms with Crippen molar-refractivity contribution in [1.29, 1.82) is 0 Å². The van der Waals surface area contributed by atoms with Crippen LogP contribution in [0.15, 0.2) is 53.7 Å². The zero-order valence-corrected chi connectivity index (χ0v) is 16.4. The first-order chi connectivity index (χ1) is 13.5. The molecule has 2 fully saturated rings. The van der Waals surface area contributed by atoms with Crippen LogP contribution < -0.4 is 0 Å². The standard InChI is InChI=1S/C21H24F3N3S/c22-21(23,24)17-4-1-5-20(13-17)28-27(18-6-7-18)19-8-11-26(12-9-19)15-16-3-2-10-25-14-16/h1-5,10,13-14,18-19H,6-9,11-12,15H2. The summed E-state index contributed by atoms with van der Waals surface area (Å²) < 4.78 is 41.4. The summed E-state index contributed by atoms with van der Waals surface area (Å²) in [6, 6.07) is 10.7. The monoisotopic (exact) mass is 407 g/mol. The minimum atomic E-state index is -4.29. The molecule has 1 aromatic carbocycles. The van der Waals surface area contributed by atoms with Gasteiger partial charge in [0, 0.05) is 49.0 Å². The van der Waals surface area contributed by atoms with Crippen LogP contribution in [0.1, 0.15) is 36.8 Å². The Kier molecular flexibility index (Phi) is 5.94. The maximum absolute atomic E-state index is 13.0. The molecule has 0 radical (unpaired) electrons. The van der Waals surface area contributed by atoms with E-state index in [1.165, 1.54) is 29.6 Å². The molecule has 1 saturated carbocycles. The van der Waals surface area contributed by atoms with Gasteiger partial charge in [-0.25, -0.2) is 4.31 Å². The third-order valence-electron chi connectivity index (χ3n) is 5.32. The van der Waals surface area contributed by atoms with Crippen LogP contribution >= 0.6 is 11.9 Å². The Morgan fingerprint density at radius 3 is 2.43 bits per heavy atom. The first-order valence-corrected chi connectivity index (χ1v) is 10.5. The van der Waals surface area contributed by atoms with Crippen LogP contribution in [0.4, 0.5) is 13.2 Å². The van der Waals surface area contributed by atoms with E-state index >= 15 is 0 Å². The summed E-state index contributed by atoms with van der Waals surface area (Å²) >= 11 is 1.51. The van der Waals surface area contributed by atoms with Crippen molar-refractivity contribution in [2.45, 2.75) is 55.4 Å². The highest BCUT2D eigenvalue weighted by Gasteiger charge is 2.37. The van der Waals surface area contributed by atoms with E-state index in [4.69, 9.17) is 0 Å². The quantitative estimate of drug-likeness (QED) is 0.610. The molecule has 1 aliphatic carbocycles. The van der Waals surface area contributed by atoms with Gasteiger partial charge in [-0.1, -0.05) is 12.1 Å². The van der Waals surface area contributed by atoms with Gasteiger partial charge in [-0.2, -0.15) is 13.2 Å². The van der Waals surface area contributed by atoms with Crippen molar-refractivity contribution in [2.24, 2.45) is 0 Å². The Morgan fingerprint density at radius 1 is 1.04 bits per heavy atom. The zero-order valence-electron chi connectivity index (χ0n) is 15.6. The third-order valence-corrected chi connectivity index (χ3v) is 6.60. The normalized spacial score (nSPS) is 19.3. The predicted octanol–water partition coefficient (Wildman–Crippen LogP) is 5.24. The lowest BCUT2D eigenvalue weighted by atomic mass is 10.0. The average Bonchev–Trinajstić information content (AvgIpc) is 3.52. The zero-order chi connectivity index (χ0) is 19.6. The van der Waals surface area contributed by atoms with E-state index in [1.54, 1.807) is 12.3 Å². The second kappa shape index (κ2) is 8.43. The number of benzene rings is 1. The van der Waals surface area contributed by atoms with E-state index < -0.39 is 11.7 Å². The number of piperidine rings is 1. The second-order valence-electron chi connectivity index (χ2n) is 7.58. The number of alkyl halides is 3. The topological polar surface area (TPSA) is 19.4 Å². The molecule has 28 heavy (non-hydrogen) atoms. The largest absolute Gasteiger partial charge is 0.416 e. The number of hydrogen-bond acceptors (Lipinski definition) is 4. The molecule has 4 rings (SSSR count). The summed E-state index contributed by atoms with van der Waals surface area (Å²) in [4.78, 5) is 7.30. The molecule has 0 atom stereocenters. The number of halogens is 3. The highest BCUT2D eigenvalue weighted by atomic mass is 32.2. The Balaban J connectivity index is 1.37. The minimum Gasteiger partial charge on any atom is -0.299 e.